The van der Waals surface area contributed by atoms with Crippen LogP contribution in [-0.4, -0.2) is 12.5 Å². The Morgan fingerprint density at radius 1 is 1.31 bits per heavy atom. The molecule has 1 amide bonds. The fourth-order valence-electron chi connectivity index (χ4n) is 1.83. The van der Waals surface area contributed by atoms with E-state index < -0.39 is 0 Å². The van der Waals surface area contributed by atoms with E-state index in [2.05, 4.69) is 12.2 Å². The van der Waals surface area contributed by atoms with Crippen molar-refractivity contribution in [3.05, 3.63) is 0 Å². The third kappa shape index (κ3) is 3.79. The van der Waals surface area contributed by atoms with Crippen molar-refractivity contribution in [3.8, 4) is 0 Å². The number of hydrogen-bond donors (Lipinski definition) is 0. The molecule has 1 aliphatic carbocycles. The van der Waals surface area contributed by atoms with E-state index in [0.717, 1.165) is 32.2 Å². The lowest BCUT2D eigenvalue weighted by Gasteiger charge is -2.19. The molecule has 1 rings (SSSR count). The van der Waals surface area contributed by atoms with Gasteiger partial charge in [-0.15, -0.1) is 0 Å². The van der Waals surface area contributed by atoms with Crippen LogP contribution < -0.4 is 5.32 Å². The smallest absolute Gasteiger partial charge is 0.244 e. The predicted molar refractivity (Wildman–Crippen MR) is 53.5 cm³/mol. The van der Waals surface area contributed by atoms with Gasteiger partial charge in [-0.05, 0) is 19.3 Å². The number of amides is 1. The standard InChI is InChI=1S/C11H20NO/c1-2-3-9-12-11(13)10-7-5-4-6-8-10/h10H,2-9H2,1H3. The summed E-state index contributed by atoms with van der Waals surface area (Å²) in [6.07, 6.45) is 8.08. The van der Waals surface area contributed by atoms with Gasteiger partial charge in [-0.25, -0.2) is 0 Å². The highest BCUT2D eigenvalue weighted by Crippen LogP contribution is 2.23. The summed E-state index contributed by atoms with van der Waals surface area (Å²) < 4.78 is 0. The van der Waals surface area contributed by atoms with Crippen molar-refractivity contribution in [1.29, 1.82) is 0 Å². The summed E-state index contributed by atoms with van der Waals surface area (Å²) in [4.78, 5) is 11.5. The third-order valence-electron chi connectivity index (χ3n) is 2.73. The van der Waals surface area contributed by atoms with Crippen LogP contribution in [0.15, 0.2) is 0 Å². The van der Waals surface area contributed by atoms with Crippen LogP contribution in [0.25, 0.3) is 0 Å². The minimum absolute atomic E-state index is 0.174. The third-order valence-corrected chi connectivity index (χ3v) is 2.73. The molecule has 0 bridgehead atoms. The van der Waals surface area contributed by atoms with Crippen molar-refractivity contribution in [2.24, 2.45) is 5.92 Å². The molecule has 0 aromatic rings. The maximum Gasteiger partial charge on any atom is 0.244 e. The predicted octanol–water partition coefficient (Wildman–Crippen LogP) is 2.50. The zero-order chi connectivity index (χ0) is 9.52. The summed E-state index contributed by atoms with van der Waals surface area (Å²) in [7, 11) is 0. The fraction of sp³-hybridized carbons (Fsp3) is 0.909. The summed E-state index contributed by atoms with van der Waals surface area (Å²) in [5.41, 5.74) is 0. The van der Waals surface area contributed by atoms with Gasteiger partial charge in [0.2, 0.25) is 5.91 Å². The maximum atomic E-state index is 11.5. The SMILES string of the molecule is CCCC[N]C(=O)C1CCCCC1. The molecule has 0 heterocycles. The van der Waals surface area contributed by atoms with Crippen LogP contribution in [0, 0.1) is 5.92 Å². The highest BCUT2D eigenvalue weighted by Gasteiger charge is 2.21. The lowest BCUT2D eigenvalue weighted by atomic mass is 9.89. The monoisotopic (exact) mass is 182 g/mol. The van der Waals surface area contributed by atoms with Gasteiger partial charge in [0.25, 0.3) is 0 Å². The van der Waals surface area contributed by atoms with E-state index in [0.29, 0.717) is 0 Å². The molecule has 0 aromatic carbocycles. The largest absolute Gasteiger partial charge is 0.273 e. The zero-order valence-electron chi connectivity index (χ0n) is 8.59. The Balaban J connectivity index is 2.13. The Morgan fingerprint density at radius 2 is 2.00 bits per heavy atom. The van der Waals surface area contributed by atoms with E-state index in [-0.39, 0.29) is 11.8 Å². The van der Waals surface area contributed by atoms with E-state index >= 15 is 0 Å². The van der Waals surface area contributed by atoms with Gasteiger partial charge in [0, 0.05) is 12.5 Å². The van der Waals surface area contributed by atoms with Crippen molar-refractivity contribution >= 4 is 5.91 Å². The van der Waals surface area contributed by atoms with Gasteiger partial charge in [-0.2, -0.15) is 0 Å². The van der Waals surface area contributed by atoms with E-state index in [1.165, 1.54) is 19.3 Å². The first-order valence-corrected chi connectivity index (χ1v) is 5.56. The molecule has 1 saturated carbocycles. The minimum atomic E-state index is 0.174. The van der Waals surface area contributed by atoms with Crippen LogP contribution in [0.4, 0.5) is 0 Å². The lowest BCUT2D eigenvalue weighted by molar-refractivity contribution is -0.126. The average Bonchev–Trinajstić information content (AvgIpc) is 2.19. The molecular weight excluding hydrogens is 162 g/mol. The summed E-state index contributed by atoms with van der Waals surface area (Å²) in [5, 5.41) is 4.10. The number of unbranched alkanes of at least 4 members (excludes halogenated alkanes) is 1. The van der Waals surface area contributed by atoms with Crippen LogP contribution in [-0.2, 0) is 4.79 Å². The Hall–Kier alpha value is -0.530. The van der Waals surface area contributed by atoms with Gasteiger partial charge in [-0.3, -0.25) is 10.1 Å². The Kier molecular flexibility index (Phi) is 4.87. The van der Waals surface area contributed by atoms with Gasteiger partial charge in [-0.1, -0.05) is 32.6 Å². The van der Waals surface area contributed by atoms with Crippen molar-refractivity contribution in [2.45, 2.75) is 51.9 Å². The second kappa shape index (κ2) is 6.01. The maximum absolute atomic E-state index is 11.5. The van der Waals surface area contributed by atoms with E-state index in [9.17, 15) is 4.79 Å². The molecule has 0 saturated heterocycles. The lowest BCUT2D eigenvalue weighted by Crippen LogP contribution is -2.27. The molecule has 13 heavy (non-hydrogen) atoms. The molecule has 0 unspecified atom stereocenters. The van der Waals surface area contributed by atoms with Crippen molar-refractivity contribution in [2.75, 3.05) is 6.54 Å². The molecule has 75 valence electrons. The molecular formula is C11H20NO. The van der Waals surface area contributed by atoms with E-state index in [4.69, 9.17) is 0 Å². The Labute approximate surface area is 81.1 Å². The van der Waals surface area contributed by atoms with Crippen molar-refractivity contribution in [3.63, 3.8) is 0 Å². The van der Waals surface area contributed by atoms with Gasteiger partial charge >= 0.3 is 0 Å². The molecule has 2 heteroatoms. The summed E-state index contributed by atoms with van der Waals surface area (Å²) in [6, 6.07) is 0. The highest BCUT2D eigenvalue weighted by atomic mass is 16.1. The zero-order valence-corrected chi connectivity index (χ0v) is 8.59. The van der Waals surface area contributed by atoms with Gasteiger partial charge in [0.05, 0.1) is 0 Å². The number of rotatable bonds is 4. The molecule has 2 nitrogen and oxygen atoms in total. The van der Waals surface area contributed by atoms with Crippen LogP contribution >= 0.6 is 0 Å². The van der Waals surface area contributed by atoms with Gasteiger partial charge in [0.1, 0.15) is 0 Å². The summed E-state index contributed by atoms with van der Waals surface area (Å²) in [5.74, 6) is 0.443. The molecule has 0 spiro atoms. The molecule has 1 fully saturated rings. The van der Waals surface area contributed by atoms with Crippen molar-refractivity contribution in [1.82, 2.24) is 5.32 Å². The second-order valence-electron chi connectivity index (χ2n) is 3.91. The topological polar surface area (TPSA) is 31.2 Å². The van der Waals surface area contributed by atoms with E-state index in [1.807, 2.05) is 0 Å². The quantitative estimate of drug-likeness (QED) is 0.614. The van der Waals surface area contributed by atoms with Crippen molar-refractivity contribution < 1.29 is 4.79 Å². The average molecular weight is 182 g/mol. The number of hydrogen-bond acceptors (Lipinski definition) is 1. The molecule has 1 aliphatic rings. The molecule has 0 aromatic heterocycles. The van der Waals surface area contributed by atoms with Crippen LogP contribution in [0.1, 0.15) is 51.9 Å². The fourth-order valence-corrected chi connectivity index (χ4v) is 1.83. The first kappa shape index (κ1) is 10.6. The molecule has 0 aliphatic heterocycles. The van der Waals surface area contributed by atoms with Crippen LogP contribution in [0.3, 0.4) is 0 Å². The van der Waals surface area contributed by atoms with Gasteiger partial charge in [0.15, 0.2) is 0 Å². The highest BCUT2D eigenvalue weighted by molar-refractivity contribution is 5.78. The Morgan fingerprint density at radius 3 is 2.62 bits per heavy atom. The van der Waals surface area contributed by atoms with E-state index in [1.54, 1.807) is 0 Å². The van der Waals surface area contributed by atoms with Crippen LogP contribution in [0.5, 0.6) is 0 Å². The molecule has 0 atom stereocenters. The number of nitrogens with zero attached hydrogens (tertiary/aromatic N) is 1. The normalized spacial score (nSPS) is 18.5. The first-order chi connectivity index (χ1) is 6.34. The first-order valence-electron chi connectivity index (χ1n) is 5.56. The summed E-state index contributed by atoms with van der Waals surface area (Å²) in [6.45, 7) is 2.87. The second-order valence-corrected chi connectivity index (χ2v) is 3.91. The van der Waals surface area contributed by atoms with Crippen LogP contribution in [0.2, 0.25) is 0 Å². The molecule has 1 radical (unpaired) electrons. The number of carbonyl (C=O) groups is 1. The molecule has 0 N–H and O–H groups in total. The Bertz CT molecular complexity index is 150. The summed E-state index contributed by atoms with van der Waals surface area (Å²) >= 11 is 0. The van der Waals surface area contributed by atoms with Gasteiger partial charge < -0.3 is 0 Å². The number of carbonyl (C=O) groups excluding carboxylic acids is 1. The minimum Gasteiger partial charge on any atom is -0.273 e.